The van der Waals surface area contributed by atoms with Crippen LogP contribution in [0.25, 0.3) is 0 Å². The third kappa shape index (κ3) is 4.16. The molecule has 2 amide bonds. The third-order valence-electron chi connectivity index (χ3n) is 5.27. The summed E-state index contributed by atoms with van der Waals surface area (Å²) >= 11 is 1.48. The van der Waals surface area contributed by atoms with Gasteiger partial charge in [0, 0.05) is 11.3 Å². The SMILES string of the molecule is C=C1CS[C@@H]2[C@H](NC(=O)c3ccccc3)C(=O)N2C1C(=O)OCc1ccc(OC)cc1. The van der Waals surface area contributed by atoms with Gasteiger partial charge in [0.15, 0.2) is 6.04 Å². The Morgan fingerprint density at radius 2 is 1.87 bits per heavy atom. The Hall–Kier alpha value is -3.26. The van der Waals surface area contributed by atoms with Crippen LogP contribution >= 0.6 is 11.8 Å². The third-order valence-corrected chi connectivity index (χ3v) is 6.65. The van der Waals surface area contributed by atoms with Crippen molar-refractivity contribution in [1.82, 2.24) is 10.2 Å². The molecule has 1 N–H and O–H groups in total. The second-order valence-corrected chi connectivity index (χ2v) is 8.39. The second kappa shape index (κ2) is 8.85. The molecule has 0 bridgehead atoms. The van der Waals surface area contributed by atoms with Gasteiger partial charge in [0.2, 0.25) is 5.91 Å². The predicted molar refractivity (Wildman–Crippen MR) is 117 cm³/mol. The minimum Gasteiger partial charge on any atom is -0.497 e. The number of hydrogen-bond acceptors (Lipinski definition) is 6. The lowest BCUT2D eigenvalue weighted by Crippen LogP contribution is -2.74. The lowest BCUT2D eigenvalue weighted by Gasteiger charge is -2.52. The van der Waals surface area contributed by atoms with Crippen LogP contribution in [0, 0.1) is 0 Å². The fourth-order valence-electron chi connectivity index (χ4n) is 3.59. The van der Waals surface area contributed by atoms with Gasteiger partial charge in [-0.1, -0.05) is 36.9 Å². The van der Waals surface area contributed by atoms with Crippen LogP contribution in [-0.2, 0) is 20.9 Å². The largest absolute Gasteiger partial charge is 0.497 e. The van der Waals surface area contributed by atoms with Gasteiger partial charge in [-0.25, -0.2) is 4.79 Å². The maximum atomic E-state index is 12.8. The molecule has 2 aromatic carbocycles. The highest BCUT2D eigenvalue weighted by molar-refractivity contribution is 8.00. The zero-order valence-electron chi connectivity index (χ0n) is 16.9. The summed E-state index contributed by atoms with van der Waals surface area (Å²) in [5.41, 5.74) is 1.90. The number of carbonyl (C=O) groups is 3. The van der Waals surface area contributed by atoms with Crippen LogP contribution in [0.4, 0.5) is 0 Å². The number of rotatable bonds is 6. The van der Waals surface area contributed by atoms with Crippen LogP contribution in [0.1, 0.15) is 15.9 Å². The van der Waals surface area contributed by atoms with Gasteiger partial charge in [-0.3, -0.25) is 9.59 Å². The molecule has 0 saturated carbocycles. The lowest BCUT2D eigenvalue weighted by molar-refractivity contribution is -0.163. The summed E-state index contributed by atoms with van der Waals surface area (Å²) in [6.45, 7) is 4.05. The number of β-lactam (4-membered cyclic amide) rings is 1. The van der Waals surface area contributed by atoms with E-state index in [0.29, 0.717) is 22.6 Å². The van der Waals surface area contributed by atoms with Gasteiger partial charge in [-0.2, -0.15) is 0 Å². The fourth-order valence-corrected chi connectivity index (χ4v) is 4.89. The molecule has 2 saturated heterocycles. The first kappa shape index (κ1) is 21.0. The minimum absolute atomic E-state index is 0.0839. The van der Waals surface area contributed by atoms with Crippen LogP contribution in [-0.4, -0.2) is 53.0 Å². The highest BCUT2D eigenvalue weighted by Crippen LogP contribution is 2.40. The number of esters is 1. The first-order valence-corrected chi connectivity index (χ1v) is 10.8. The summed E-state index contributed by atoms with van der Waals surface area (Å²) in [5.74, 6) is 0.0722. The summed E-state index contributed by atoms with van der Waals surface area (Å²) in [6.07, 6.45) is 0. The smallest absolute Gasteiger partial charge is 0.333 e. The molecule has 2 fully saturated rings. The van der Waals surface area contributed by atoms with E-state index < -0.39 is 18.1 Å². The molecule has 3 atom stereocenters. The number of ether oxygens (including phenoxy) is 2. The van der Waals surface area contributed by atoms with Crippen molar-refractivity contribution in [2.75, 3.05) is 12.9 Å². The van der Waals surface area contributed by atoms with Gasteiger partial charge in [-0.05, 0) is 35.4 Å². The van der Waals surface area contributed by atoms with Gasteiger partial charge in [0.1, 0.15) is 23.8 Å². The van der Waals surface area contributed by atoms with Crippen molar-refractivity contribution >= 4 is 29.5 Å². The zero-order chi connectivity index (χ0) is 22.0. The molecule has 2 aliphatic heterocycles. The molecule has 31 heavy (non-hydrogen) atoms. The van der Waals surface area contributed by atoms with Gasteiger partial charge in [0.25, 0.3) is 5.91 Å². The van der Waals surface area contributed by atoms with Crippen LogP contribution < -0.4 is 10.1 Å². The molecule has 2 heterocycles. The quantitative estimate of drug-likeness (QED) is 0.424. The monoisotopic (exact) mass is 438 g/mol. The number of nitrogens with zero attached hydrogens (tertiary/aromatic N) is 1. The molecule has 4 rings (SSSR count). The average molecular weight is 439 g/mol. The van der Waals surface area contributed by atoms with E-state index in [1.165, 1.54) is 16.7 Å². The summed E-state index contributed by atoms with van der Waals surface area (Å²) in [4.78, 5) is 39.5. The Labute approximate surface area is 184 Å². The highest BCUT2D eigenvalue weighted by Gasteiger charge is 2.56. The first-order chi connectivity index (χ1) is 15.0. The molecule has 2 aromatic rings. The van der Waals surface area contributed by atoms with Crippen molar-refractivity contribution in [3.8, 4) is 5.75 Å². The number of hydrogen-bond donors (Lipinski definition) is 1. The lowest BCUT2D eigenvalue weighted by atomic mass is 9.98. The number of amides is 2. The normalized spacial score (nSPS) is 22.2. The molecular weight excluding hydrogens is 416 g/mol. The number of methoxy groups -OCH3 is 1. The molecule has 0 radical (unpaired) electrons. The van der Waals surface area contributed by atoms with E-state index in [1.54, 1.807) is 43.5 Å². The Morgan fingerprint density at radius 3 is 2.55 bits per heavy atom. The van der Waals surface area contributed by atoms with Crippen molar-refractivity contribution in [3.05, 3.63) is 77.9 Å². The maximum Gasteiger partial charge on any atom is 0.333 e. The van der Waals surface area contributed by atoms with Gasteiger partial charge >= 0.3 is 5.97 Å². The van der Waals surface area contributed by atoms with E-state index >= 15 is 0 Å². The van der Waals surface area contributed by atoms with Crippen molar-refractivity contribution in [2.45, 2.75) is 24.1 Å². The van der Waals surface area contributed by atoms with E-state index in [4.69, 9.17) is 9.47 Å². The topological polar surface area (TPSA) is 84.9 Å². The minimum atomic E-state index is -0.845. The van der Waals surface area contributed by atoms with Gasteiger partial charge < -0.3 is 19.7 Å². The van der Waals surface area contributed by atoms with Crippen molar-refractivity contribution < 1.29 is 23.9 Å². The van der Waals surface area contributed by atoms with E-state index in [9.17, 15) is 14.4 Å². The summed E-state index contributed by atoms with van der Waals surface area (Å²) < 4.78 is 10.6. The van der Waals surface area contributed by atoms with Crippen LogP contribution in [0.15, 0.2) is 66.7 Å². The molecule has 8 heteroatoms. The van der Waals surface area contributed by atoms with Gasteiger partial charge in [0.05, 0.1) is 7.11 Å². The summed E-state index contributed by atoms with van der Waals surface area (Å²) in [6, 6.07) is 14.4. The van der Waals surface area contributed by atoms with Gasteiger partial charge in [-0.15, -0.1) is 11.8 Å². The molecule has 0 aliphatic carbocycles. The molecule has 160 valence electrons. The number of benzene rings is 2. The molecule has 7 nitrogen and oxygen atoms in total. The van der Waals surface area contributed by atoms with Crippen molar-refractivity contribution in [1.29, 1.82) is 0 Å². The highest BCUT2D eigenvalue weighted by atomic mass is 32.2. The Kier molecular flexibility index (Phi) is 5.99. The van der Waals surface area contributed by atoms with E-state index in [-0.39, 0.29) is 23.8 Å². The standard InChI is InChI=1S/C23H22N2O5S/c1-14-13-31-22-18(24-20(26)16-6-4-3-5-7-16)21(27)25(22)19(14)23(28)30-12-15-8-10-17(29-2)11-9-15/h3-11,18-19,22H,1,12-13H2,2H3,(H,24,26)/t18-,19?,22-/m1/s1. The van der Waals surface area contributed by atoms with Crippen LogP contribution in [0.2, 0.25) is 0 Å². The Morgan fingerprint density at radius 1 is 1.16 bits per heavy atom. The Balaban J connectivity index is 1.39. The first-order valence-electron chi connectivity index (χ1n) is 9.76. The molecule has 0 aromatic heterocycles. The Bertz CT molecular complexity index is 1010. The van der Waals surface area contributed by atoms with Crippen molar-refractivity contribution in [3.63, 3.8) is 0 Å². The second-order valence-electron chi connectivity index (χ2n) is 7.28. The van der Waals surface area contributed by atoms with Crippen LogP contribution in [0.5, 0.6) is 5.75 Å². The molecule has 0 spiro atoms. The summed E-state index contributed by atoms with van der Waals surface area (Å²) in [7, 11) is 1.58. The van der Waals surface area contributed by atoms with E-state index in [0.717, 1.165) is 5.56 Å². The van der Waals surface area contributed by atoms with Crippen molar-refractivity contribution in [2.24, 2.45) is 0 Å². The zero-order valence-corrected chi connectivity index (χ0v) is 17.8. The molecule has 1 unspecified atom stereocenters. The average Bonchev–Trinajstić information content (AvgIpc) is 2.81. The number of carbonyl (C=O) groups excluding carboxylic acids is 3. The predicted octanol–water partition coefficient (Wildman–Crippen LogP) is 2.38. The maximum absolute atomic E-state index is 12.8. The van der Waals surface area contributed by atoms with E-state index in [2.05, 4.69) is 11.9 Å². The number of fused-ring (bicyclic) bond motifs is 1. The number of nitrogens with one attached hydrogen (secondary N) is 1. The van der Waals surface area contributed by atoms with E-state index in [1.807, 2.05) is 18.2 Å². The summed E-state index contributed by atoms with van der Waals surface area (Å²) in [5, 5.41) is 2.45. The molecular formula is C23H22N2O5S. The molecule has 2 aliphatic rings. The number of thioether (sulfide) groups is 1. The van der Waals surface area contributed by atoms with Crippen LogP contribution in [0.3, 0.4) is 0 Å². The fraction of sp³-hybridized carbons (Fsp3) is 0.261.